The first-order valence-electron chi connectivity index (χ1n) is 9.38. The maximum Gasteiger partial charge on any atom is 0.325 e. The summed E-state index contributed by atoms with van der Waals surface area (Å²) in [4.78, 5) is 43.1. The van der Waals surface area contributed by atoms with Crippen LogP contribution in [0.25, 0.3) is 10.9 Å². The van der Waals surface area contributed by atoms with E-state index in [1.165, 1.54) is 4.90 Å². The van der Waals surface area contributed by atoms with E-state index in [1.807, 2.05) is 43.5 Å². The summed E-state index contributed by atoms with van der Waals surface area (Å²) in [5, 5.41) is 3.70. The number of benzene rings is 1. The smallest absolute Gasteiger partial charge is 0.325 e. The highest BCUT2D eigenvalue weighted by molar-refractivity contribution is 6.06. The van der Waals surface area contributed by atoms with Gasteiger partial charge in [0.2, 0.25) is 5.91 Å². The number of urea groups is 1. The van der Waals surface area contributed by atoms with Gasteiger partial charge in [0.05, 0.1) is 6.54 Å². The van der Waals surface area contributed by atoms with Crippen LogP contribution < -0.4 is 5.32 Å². The summed E-state index contributed by atoms with van der Waals surface area (Å²) < 4.78 is 5.47. The maximum absolute atomic E-state index is 12.7. The highest BCUT2D eigenvalue weighted by Crippen LogP contribution is 2.21. The second kappa shape index (κ2) is 7.46. The van der Waals surface area contributed by atoms with Crippen molar-refractivity contribution in [1.82, 2.24) is 20.1 Å². The Kier molecular flexibility index (Phi) is 4.84. The number of hydrogen-bond donors (Lipinski definition) is 2. The van der Waals surface area contributed by atoms with Crippen LogP contribution in [0.4, 0.5) is 4.79 Å². The number of para-hydroxylation sites is 1. The zero-order chi connectivity index (χ0) is 20.5. The molecule has 0 spiro atoms. The molecule has 29 heavy (non-hydrogen) atoms. The molecular weight excluding hydrogens is 372 g/mol. The molecule has 0 aliphatic carbocycles. The highest BCUT2D eigenvalue weighted by Gasteiger charge is 2.39. The fourth-order valence-electron chi connectivity index (χ4n) is 3.53. The molecule has 0 bridgehead atoms. The lowest BCUT2D eigenvalue weighted by atomic mass is 10.1. The van der Waals surface area contributed by atoms with Crippen molar-refractivity contribution >= 4 is 28.7 Å². The molecule has 1 aliphatic heterocycles. The van der Waals surface area contributed by atoms with Gasteiger partial charge in [0.25, 0.3) is 5.91 Å². The van der Waals surface area contributed by atoms with Crippen LogP contribution in [0, 0.1) is 6.92 Å². The number of carbonyl (C=O) groups excluding carboxylic acids is 3. The molecule has 0 saturated carbocycles. The average molecular weight is 394 g/mol. The van der Waals surface area contributed by atoms with Gasteiger partial charge in [0.15, 0.2) is 0 Å². The normalized spacial score (nSPS) is 16.5. The lowest BCUT2D eigenvalue weighted by Crippen LogP contribution is -2.41. The van der Waals surface area contributed by atoms with Gasteiger partial charge in [0, 0.05) is 30.6 Å². The van der Waals surface area contributed by atoms with Gasteiger partial charge in [-0.3, -0.25) is 14.5 Å². The third kappa shape index (κ3) is 3.73. The zero-order valence-electron chi connectivity index (χ0n) is 16.3. The molecular formula is C21H22N4O4. The molecule has 3 aromatic rings. The molecule has 1 saturated heterocycles. The van der Waals surface area contributed by atoms with Crippen molar-refractivity contribution in [3.05, 3.63) is 59.7 Å². The van der Waals surface area contributed by atoms with E-state index in [0.29, 0.717) is 12.2 Å². The number of H-pyrrole nitrogens is 1. The van der Waals surface area contributed by atoms with E-state index in [-0.39, 0.29) is 19.0 Å². The number of amides is 4. The number of likely N-dealkylation sites (N-methyl/N-ethyl adjacent to an activating group) is 1. The van der Waals surface area contributed by atoms with E-state index in [4.69, 9.17) is 4.42 Å². The Morgan fingerprint density at radius 1 is 1.21 bits per heavy atom. The summed E-state index contributed by atoms with van der Waals surface area (Å²) in [6.07, 6.45) is 2.21. The van der Waals surface area contributed by atoms with E-state index >= 15 is 0 Å². The van der Waals surface area contributed by atoms with Crippen molar-refractivity contribution in [3.8, 4) is 0 Å². The fourth-order valence-corrected chi connectivity index (χ4v) is 3.53. The number of aryl methyl sites for hydroxylation is 1. The van der Waals surface area contributed by atoms with Gasteiger partial charge in [-0.1, -0.05) is 18.2 Å². The van der Waals surface area contributed by atoms with Crippen LogP contribution in [0.2, 0.25) is 0 Å². The fraction of sp³-hybridized carbons (Fsp3) is 0.286. The second-order valence-corrected chi connectivity index (χ2v) is 7.25. The molecule has 0 radical (unpaired) electrons. The van der Waals surface area contributed by atoms with Crippen molar-refractivity contribution in [2.24, 2.45) is 0 Å². The van der Waals surface area contributed by atoms with E-state index in [2.05, 4.69) is 10.3 Å². The Bertz CT molecular complexity index is 1080. The van der Waals surface area contributed by atoms with Crippen LogP contribution >= 0.6 is 0 Å². The minimum atomic E-state index is -0.687. The first kappa shape index (κ1) is 18.8. The summed E-state index contributed by atoms with van der Waals surface area (Å²) in [5.74, 6) is 0.675. The SMILES string of the molecule is Cc1ccc(CN(C)C(=O)CN2C(=O)N[C@@H](Cc3c[nH]c4ccccc34)C2=O)o1. The minimum Gasteiger partial charge on any atom is -0.464 e. The summed E-state index contributed by atoms with van der Waals surface area (Å²) in [5.41, 5.74) is 1.92. The number of nitrogens with one attached hydrogen (secondary N) is 2. The number of fused-ring (bicyclic) bond motifs is 1. The Hall–Kier alpha value is -3.55. The zero-order valence-corrected chi connectivity index (χ0v) is 16.3. The first-order chi connectivity index (χ1) is 13.9. The van der Waals surface area contributed by atoms with Gasteiger partial charge in [-0.05, 0) is 30.7 Å². The molecule has 8 nitrogen and oxygen atoms in total. The average Bonchev–Trinajstić information content (AvgIpc) is 3.37. The van der Waals surface area contributed by atoms with Gasteiger partial charge in [-0.2, -0.15) is 0 Å². The van der Waals surface area contributed by atoms with E-state index < -0.39 is 18.0 Å². The van der Waals surface area contributed by atoms with Crippen molar-refractivity contribution in [3.63, 3.8) is 0 Å². The van der Waals surface area contributed by atoms with Gasteiger partial charge in [-0.15, -0.1) is 0 Å². The quantitative estimate of drug-likeness (QED) is 0.626. The van der Waals surface area contributed by atoms with Gasteiger partial charge >= 0.3 is 6.03 Å². The molecule has 0 unspecified atom stereocenters. The Morgan fingerprint density at radius 2 is 2.00 bits per heavy atom. The molecule has 8 heteroatoms. The Labute approximate surface area is 167 Å². The van der Waals surface area contributed by atoms with Crippen LogP contribution in [0.15, 0.2) is 47.0 Å². The number of carbonyl (C=O) groups is 3. The number of rotatable bonds is 6. The maximum atomic E-state index is 12.7. The molecule has 1 atom stereocenters. The van der Waals surface area contributed by atoms with E-state index in [0.717, 1.165) is 27.1 Å². The van der Waals surface area contributed by atoms with Crippen molar-refractivity contribution in [1.29, 1.82) is 0 Å². The number of aromatic nitrogens is 1. The first-order valence-corrected chi connectivity index (χ1v) is 9.38. The number of aromatic amines is 1. The van der Waals surface area contributed by atoms with Crippen LogP contribution in [-0.2, 0) is 22.6 Å². The second-order valence-electron chi connectivity index (χ2n) is 7.25. The minimum absolute atomic E-state index is 0.273. The molecule has 1 aromatic carbocycles. The number of hydrogen-bond acceptors (Lipinski definition) is 4. The lowest BCUT2D eigenvalue weighted by Gasteiger charge is -2.19. The van der Waals surface area contributed by atoms with Crippen LogP contribution in [-0.4, -0.2) is 52.3 Å². The van der Waals surface area contributed by atoms with Crippen molar-refractivity contribution in [2.75, 3.05) is 13.6 Å². The van der Waals surface area contributed by atoms with E-state index in [1.54, 1.807) is 13.1 Å². The summed E-state index contributed by atoms with van der Waals surface area (Å²) >= 11 is 0. The lowest BCUT2D eigenvalue weighted by molar-refractivity contribution is -0.137. The van der Waals surface area contributed by atoms with Gasteiger partial charge < -0.3 is 19.6 Å². The van der Waals surface area contributed by atoms with Crippen LogP contribution in [0.1, 0.15) is 17.1 Å². The molecule has 2 N–H and O–H groups in total. The molecule has 4 rings (SSSR count). The Morgan fingerprint density at radius 3 is 2.76 bits per heavy atom. The summed E-state index contributed by atoms with van der Waals surface area (Å²) in [6.45, 7) is 1.80. The van der Waals surface area contributed by atoms with E-state index in [9.17, 15) is 14.4 Å². The largest absolute Gasteiger partial charge is 0.464 e. The number of nitrogens with zero attached hydrogens (tertiary/aromatic N) is 2. The van der Waals surface area contributed by atoms with Crippen molar-refractivity contribution in [2.45, 2.75) is 25.9 Å². The van der Waals surface area contributed by atoms with Gasteiger partial charge in [0.1, 0.15) is 24.1 Å². The molecule has 3 heterocycles. The number of imide groups is 1. The van der Waals surface area contributed by atoms with Gasteiger partial charge in [-0.25, -0.2) is 4.79 Å². The predicted molar refractivity (Wildman–Crippen MR) is 106 cm³/mol. The molecule has 1 fully saturated rings. The standard InChI is InChI=1S/C21H22N4O4/c1-13-7-8-15(29-13)11-24(2)19(26)12-25-20(27)18(23-21(25)28)9-14-10-22-17-6-4-3-5-16(14)17/h3-8,10,18,22H,9,11-12H2,1-2H3,(H,23,28)/t18-/m0/s1. The monoisotopic (exact) mass is 394 g/mol. The number of furan rings is 1. The highest BCUT2D eigenvalue weighted by atomic mass is 16.3. The molecule has 4 amide bonds. The summed E-state index contributed by atoms with van der Waals surface area (Å²) in [6, 6.07) is 10.2. The van der Waals surface area contributed by atoms with Crippen molar-refractivity contribution < 1.29 is 18.8 Å². The molecule has 150 valence electrons. The topological polar surface area (TPSA) is 98.6 Å². The molecule has 2 aromatic heterocycles. The van der Waals surface area contributed by atoms with Crippen LogP contribution in [0.3, 0.4) is 0 Å². The molecule has 1 aliphatic rings. The van der Waals surface area contributed by atoms with Crippen LogP contribution in [0.5, 0.6) is 0 Å². The Balaban J connectivity index is 1.40. The third-order valence-electron chi connectivity index (χ3n) is 5.11. The summed E-state index contributed by atoms with van der Waals surface area (Å²) in [7, 11) is 1.61. The predicted octanol–water partition coefficient (Wildman–Crippen LogP) is 2.19. The third-order valence-corrected chi connectivity index (χ3v) is 5.11.